The summed E-state index contributed by atoms with van der Waals surface area (Å²) in [6, 6.07) is 18.7. The Labute approximate surface area is 184 Å². The molecule has 7 nitrogen and oxygen atoms in total. The molecule has 0 saturated carbocycles. The van der Waals surface area contributed by atoms with Crippen LogP contribution in [-0.2, 0) is 4.79 Å². The number of rotatable bonds is 6. The average molecular weight is 435 g/mol. The largest absolute Gasteiger partial charge is 0.481 e. The van der Waals surface area contributed by atoms with Crippen molar-refractivity contribution in [2.24, 2.45) is 0 Å². The van der Waals surface area contributed by atoms with Crippen molar-refractivity contribution < 1.29 is 23.5 Å². The van der Waals surface area contributed by atoms with Crippen LogP contribution in [0.4, 0.5) is 10.1 Å². The Morgan fingerprint density at radius 3 is 2.22 bits per heavy atom. The molecule has 3 N–H and O–H groups in total. The van der Waals surface area contributed by atoms with Crippen LogP contribution in [0.3, 0.4) is 0 Å². The molecule has 1 atom stereocenters. The van der Waals surface area contributed by atoms with Crippen LogP contribution in [0, 0.1) is 12.7 Å². The second kappa shape index (κ2) is 10.2. The highest BCUT2D eigenvalue weighted by atomic mass is 19.1. The van der Waals surface area contributed by atoms with E-state index in [0.29, 0.717) is 17.0 Å². The van der Waals surface area contributed by atoms with Crippen molar-refractivity contribution in [3.05, 3.63) is 95.3 Å². The number of ether oxygens (including phenoxy) is 1. The Hall–Kier alpha value is -4.20. The van der Waals surface area contributed by atoms with Gasteiger partial charge in [-0.1, -0.05) is 24.3 Å². The molecule has 0 fully saturated rings. The molecule has 0 aliphatic rings. The minimum absolute atomic E-state index is 0.242. The van der Waals surface area contributed by atoms with E-state index >= 15 is 0 Å². The fourth-order valence-corrected chi connectivity index (χ4v) is 2.74. The first-order valence-corrected chi connectivity index (χ1v) is 9.83. The molecule has 0 radical (unpaired) electrons. The molecule has 3 aromatic carbocycles. The minimum Gasteiger partial charge on any atom is -0.481 e. The quantitative estimate of drug-likeness (QED) is 0.516. The van der Waals surface area contributed by atoms with Crippen molar-refractivity contribution >= 4 is 23.4 Å². The van der Waals surface area contributed by atoms with Crippen molar-refractivity contribution in [3.63, 3.8) is 0 Å². The highest BCUT2D eigenvalue weighted by Gasteiger charge is 2.17. The second-order valence-corrected chi connectivity index (χ2v) is 7.01. The number of hydrogen-bond donors (Lipinski definition) is 3. The first-order chi connectivity index (χ1) is 15.3. The molecular formula is C24H22FN3O4. The highest BCUT2D eigenvalue weighted by Crippen LogP contribution is 2.18. The summed E-state index contributed by atoms with van der Waals surface area (Å²) in [5.41, 5.74) is 6.59. The van der Waals surface area contributed by atoms with Gasteiger partial charge in [0.15, 0.2) is 6.10 Å². The van der Waals surface area contributed by atoms with Gasteiger partial charge in [0.05, 0.1) is 0 Å². The first kappa shape index (κ1) is 22.5. The lowest BCUT2D eigenvalue weighted by Crippen LogP contribution is -2.47. The zero-order valence-electron chi connectivity index (χ0n) is 17.5. The van der Waals surface area contributed by atoms with E-state index in [1.165, 1.54) is 37.3 Å². The summed E-state index contributed by atoms with van der Waals surface area (Å²) in [5.74, 6) is -1.56. The van der Waals surface area contributed by atoms with Gasteiger partial charge in [-0.05, 0) is 67.9 Å². The summed E-state index contributed by atoms with van der Waals surface area (Å²) < 4.78 is 18.4. The van der Waals surface area contributed by atoms with Crippen LogP contribution in [0.2, 0.25) is 0 Å². The lowest BCUT2D eigenvalue weighted by molar-refractivity contribution is -0.128. The van der Waals surface area contributed by atoms with Gasteiger partial charge >= 0.3 is 0 Å². The smallest absolute Gasteiger partial charge is 0.279 e. The van der Waals surface area contributed by atoms with Gasteiger partial charge in [-0.15, -0.1) is 0 Å². The number of aryl methyl sites for hydroxylation is 1. The van der Waals surface area contributed by atoms with Gasteiger partial charge in [0.2, 0.25) is 0 Å². The molecule has 0 heterocycles. The number of carbonyl (C=O) groups excluding carboxylic acids is 3. The normalized spacial score (nSPS) is 11.2. The predicted molar refractivity (Wildman–Crippen MR) is 118 cm³/mol. The molecule has 3 amide bonds. The number of carbonyl (C=O) groups is 3. The molecule has 1 unspecified atom stereocenters. The minimum atomic E-state index is -0.931. The van der Waals surface area contributed by atoms with E-state index in [9.17, 15) is 18.8 Å². The van der Waals surface area contributed by atoms with Crippen LogP contribution in [-0.4, -0.2) is 23.8 Å². The summed E-state index contributed by atoms with van der Waals surface area (Å²) in [6.07, 6.45) is -0.931. The van der Waals surface area contributed by atoms with E-state index in [-0.39, 0.29) is 11.5 Å². The van der Waals surface area contributed by atoms with Crippen LogP contribution in [0.15, 0.2) is 72.8 Å². The highest BCUT2D eigenvalue weighted by molar-refractivity contribution is 6.05. The standard InChI is InChI=1S/C24H22FN3O4/c1-15-8-9-18(14-21(15)26-23(30)17-6-4-3-5-7-17)24(31)28-27-22(29)16(2)32-20-12-10-19(25)11-13-20/h3-14,16H,1-2H3,(H,26,30)(H,27,29)(H,28,31). The topological polar surface area (TPSA) is 96.5 Å². The molecule has 0 spiro atoms. The van der Waals surface area contributed by atoms with E-state index in [1.807, 2.05) is 6.07 Å². The average Bonchev–Trinajstić information content (AvgIpc) is 2.80. The van der Waals surface area contributed by atoms with Gasteiger partial charge in [-0.3, -0.25) is 25.2 Å². The molecule has 32 heavy (non-hydrogen) atoms. The maximum Gasteiger partial charge on any atom is 0.279 e. The van der Waals surface area contributed by atoms with Crippen LogP contribution >= 0.6 is 0 Å². The molecule has 0 aromatic heterocycles. The van der Waals surface area contributed by atoms with Gasteiger partial charge in [0.1, 0.15) is 11.6 Å². The number of anilines is 1. The fourth-order valence-electron chi connectivity index (χ4n) is 2.74. The Kier molecular flexibility index (Phi) is 7.17. The number of amides is 3. The molecule has 3 rings (SSSR count). The van der Waals surface area contributed by atoms with Gasteiger partial charge < -0.3 is 10.1 Å². The Morgan fingerprint density at radius 1 is 0.844 bits per heavy atom. The van der Waals surface area contributed by atoms with E-state index in [2.05, 4.69) is 16.2 Å². The number of benzene rings is 3. The molecule has 0 saturated heterocycles. The lowest BCUT2D eigenvalue weighted by atomic mass is 10.1. The predicted octanol–water partition coefficient (Wildman–Crippen LogP) is 3.61. The monoisotopic (exact) mass is 435 g/mol. The summed E-state index contributed by atoms with van der Waals surface area (Å²) in [7, 11) is 0. The number of halogens is 1. The number of hydrogen-bond acceptors (Lipinski definition) is 4. The molecule has 0 bridgehead atoms. The Balaban J connectivity index is 1.58. The van der Waals surface area contributed by atoms with Crippen LogP contribution in [0.1, 0.15) is 33.2 Å². The molecular weight excluding hydrogens is 413 g/mol. The van der Waals surface area contributed by atoms with E-state index in [0.717, 1.165) is 5.56 Å². The molecule has 164 valence electrons. The maximum atomic E-state index is 13.0. The Bertz CT molecular complexity index is 1120. The molecule has 3 aromatic rings. The van der Waals surface area contributed by atoms with Gasteiger partial charge in [0.25, 0.3) is 17.7 Å². The molecule has 8 heteroatoms. The maximum absolute atomic E-state index is 13.0. The summed E-state index contributed by atoms with van der Waals surface area (Å²) in [6.45, 7) is 3.30. The van der Waals surface area contributed by atoms with Crippen molar-refractivity contribution in [2.75, 3.05) is 5.32 Å². The van der Waals surface area contributed by atoms with Crippen molar-refractivity contribution in [3.8, 4) is 5.75 Å². The van der Waals surface area contributed by atoms with Crippen LogP contribution in [0.5, 0.6) is 5.75 Å². The second-order valence-electron chi connectivity index (χ2n) is 7.01. The van der Waals surface area contributed by atoms with Gasteiger partial charge in [-0.25, -0.2) is 4.39 Å². The third-order valence-corrected chi connectivity index (χ3v) is 4.58. The van der Waals surface area contributed by atoms with Gasteiger partial charge in [0, 0.05) is 16.8 Å². The SMILES string of the molecule is Cc1ccc(C(=O)NNC(=O)C(C)Oc2ccc(F)cc2)cc1NC(=O)c1ccccc1. The zero-order valence-corrected chi connectivity index (χ0v) is 17.5. The summed E-state index contributed by atoms with van der Waals surface area (Å²) in [4.78, 5) is 37.1. The van der Waals surface area contributed by atoms with Gasteiger partial charge in [-0.2, -0.15) is 0 Å². The number of nitrogens with one attached hydrogen (secondary N) is 3. The van der Waals surface area contributed by atoms with Crippen LogP contribution in [0.25, 0.3) is 0 Å². The third kappa shape index (κ3) is 5.91. The van der Waals surface area contributed by atoms with Crippen molar-refractivity contribution in [1.82, 2.24) is 10.9 Å². The van der Waals surface area contributed by atoms with E-state index in [4.69, 9.17) is 4.74 Å². The fraction of sp³-hybridized carbons (Fsp3) is 0.125. The zero-order chi connectivity index (χ0) is 23.1. The molecule has 0 aliphatic heterocycles. The van der Waals surface area contributed by atoms with Crippen molar-refractivity contribution in [2.45, 2.75) is 20.0 Å². The first-order valence-electron chi connectivity index (χ1n) is 9.83. The molecule has 0 aliphatic carbocycles. The number of hydrazine groups is 1. The van der Waals surface area contributed by atoms with Crippen molar-refractivity contribution in [1.29, 1.82) is 0 Å². The lowest BCUT2D eigenvalue weighted by Gasteiger charge is -2.15. The van der Waals surface area contributed by atoms with Crippen LogP contribution < -0.4 is 20.9 Å². The van der Waals surface area contributed by atoms with E-state index in [1.54, 1.807) is 43.3 Å². The summed E-state index contributed by atoms with van der Waals surface area (Å²) in [5, 5.41) is 2.78. The third-order valence-electron chi connectivity index (χ3n) is 4.58. The Morgan fingerprint density at radius 2 is 1.53 bits per heavy atom. The van der Waals surface area contributed by atoms with E-state index < -0.39 is 23.7 Å². The summed E-state index contributed by atoms with van der Waals surface area (Å²) >= 11 is 0.